The number of oxime groups is 1. The average Bonchev–Trinajstić information content (AvgIpc) is 2.30. The number of carbonyl (C=O) groups excluding carboxylic acids is 1. The van der Waals surface area contributed by atoms with Crippen LogP contribution in [0.1, 0.15) is 5.56 Å². The first-order valence-electron chi connectivity index (χ1n) is 4.21. The quantitative estimate of drug-likeness (QED) is 0.334. The minimum atomic E-state index is -0.572. The number of carbonyl (C=O) groups is 1. The van der Waals surface area contributed by atoms with Gasteiger partial charge in [0.1, 0.15) is 0 Å². The van der Waals surface area contributed by atoms with Crippen molar-refractivity contribution in [3.8, 4) is 0 Å². The first-order chi connectivity index (χ1) is 7.58. The van der Waals surface area contributed by atoms with Crippen LogP contribution in [0.2, 0.25) is 0 Å². The number of amidine groups is 1. The van der Waals surface area contributed by atoms with Gasteiger partial charge >= 0.3 is 6.09 Å². The Labute approximate surface area is 100 Å². The zero-order valence-electron chi connectivity index (χ0n) is 8.40. The normalized spacial score (nSPS) is 11.0. The minimum absolute atomic E-state index is 0.00896. The van der Waals surface area contributed by atoms with E-state index in [1.54, 1.807) is 18.2 Å². The van der Waals surface area contributed by atoms with Crippen molar-refractivity contribution in [2.75, 3.05) is 12.4 Å². The van der Waals surface area contributed by atoms with Crippen molar-refractivity contribution in [2.24, 2.45) is 10.9 Å². The molecule has 0 aromatic heterocycles. The third-order valence-corrected chi connectivity index (χ3v) is 2.45. The Morgan fingerprint density at radius 3 is 2.81 bits per heavy atom. The molecule has 86 valence electrons. The molecule has 0 aliphatic heterocycles. The van der Waals surface area contributed by atoms with E-state index in [0.717, 1.165) is 0 Å². The number of nitrogens with zero attached hydrogens (tertiary/aromatic N) is 1. The van der Waals surface area contributed by atoms with Crippen molar-refractivity contribution in [3.05, 3.63) is 28.2 Å². The van der Waals surface area contributed by atoms with Crippen molar-refractivity contribution in [3.63, 3.8) is 0 Å². The highest BCUT2D eigenvalue weighted by Gasteiger charge is 2.07. The number of methoxy groups -OCH3 is 1. The molecule has 1 aromatic carbocycles. The van der Waals surface area contributed by atoms with Gasteiger partial charge in [-0.1, -0.05) is 5.16 Å². The lowest BCUT2D eigenvalue weighted by Gasteiger charge is -2.07. The van der Waals surface area contributed by atoms with Crippen LogP contribution >= 0.6 is 15.9 Å². The Morgan fingerprint density at radius 2 is 2.31 bits per heavy atom. The van der Waals surface area contributed by atoms with Crippen molar-refractivity contribution in [1.29, 1.82) is 0 Å². The number of halogens is 1. The predicted molar refractivity (Wildman–Crippen MR) is 62.7 cm³/mol. The standard InChI is InChI=1S/C9H10BrN3O3/c1-16-9(14)12-7-3-2-5(4-6(7)10)8(11)13-15/h2-4,15H,1H3,(H2,11,13)(H,12,14). The first-order valence-corrected chi connectivity index (χ1v) is 5.00. The van der Waals surface area contributed by atoms with E-state index in [0.29, 0.717) is 15.7 Å². The highest BCUT2D eigenvalue weighted by atomic mass is 79.9. The largest absolute Gasteiger partial charge is 0.453 e. The molecule has 0 radical (unpaired) electrons. The Morgan fingerprint density at radius 1 is 1.62 bits per heavy atom. The van der Waals surface area contributed by atoms with Crippen molar-refractivity contribution in [2.45, 2.75) is 0 Å². The number of benzene rings is 1. The monoisotopic (exact) mass is 287 g/mol. The van der Waals surface area contributed by atoms with Gasteiger partial charge in [0.05, 0.1) is 12.8 Å². The number of rotatable bonds is 2. The van der Waals surface area contributed by atoms with Gasteiger partial charge in [-0.2, -0.15) is 0 Å². The molecule has 0 aliphatic rings. The van der Waals surface area contributed by atoms with Gasteiger partial charge in [-0.25, -0.2) is 4.79 Å². The van der Waals surface area contributed by atoms with Crippen LogP contribution in [0.4, 0.5) is 10.5 Å². The van der Waals surface area contributed by atoms with Crippen LogP contribution in [-0.4, -0.2) is 24.2 Å². The zero-order chi connectivity index (χ0) is 12.1. The average molecular weight is 288 g/mol. The molecule has 0 atom stereocenters. The van der Waals surface area contributed by atoms with E-state index in [1.165, 1.54) is 7.11 Å². The summed E-state index contributed by atoms with van der Waals surface area (Å²) in [4.78, 5) is 11.0. The molecule has 0 aliphatic carbocycles. The lowest BCUT2D eigenvalue weighted by Crippen LogP contribution is -2.14. The second-order valence-corrected chi connectivity index (χ2v) is 3.65. The Hall–Kier alpha value is -1.76. The second kappa shape index (κ2) is 5.36. The third kappa shape index (κ3) is 2.86. The summed E-state index contributed by atoms with van der Waals surface area (Å²) in [6.07, 6.45) is -0.572. The molecule has 0 unspecified atom stereocenters. The Bertz CT molecular complexity index is 434. The number of hydrogen-bond donors (Lipinski definition) is 3. The summed E-state index contributed by atoms with van der Waals surface area (Å²) in [6.45, 7) is 0. The lowest BCUT2D eigenvalue weighted by molar-refractivity contribution is 0.187. The van der Waals surface area contributed by atoms with E-state index in [2.05, 4.69) is 31.1 Å². The van der Waals surface area contributed by atoms with Crippen molar-refractivity contribution in [1.82, 2.24) is 0 Å². The van der Waals surface area contributed by atoms with Crippen molar-refractivity contribution >= 4 is 33.5 Å². The molecule has 1 amide bonds. The molecule has 0 bridgehead atoms. The summed E-state index contributed by atoms with van der Waals surface area (Å²) in [5, 5.41) is 13.9. The van der Waals surface area contributed by atoms with E-state index >= 15 is 0 Å². The van der Waals surface area contributed by atoms with Crippen LogP contribution in [0.3, 0.4) is 0 Å². The van der Waals surface area contributed by atoms with Crippen LogP contribution < -0.4 is 11.1 Å². The number of amides is 1. The summed E-state index contributed by atoms with van der Waals surface area (Å²) in [6, 6.07) is 4.82. The number of hydrogen-bond acceptors (Lipinski definition) is 4. The zero-order valence-corrected chi connectivity index (χ0v) is 9.98. The third-order valence-electron chi connectivity index (χ3n) is 1.79. The van der Waals surface area contributed by atoms with Gasteiger partial charge in [-0.3, -0.25) is 5.32 Å². The van der Waals surface area contributed by atoms with Gasteiger partial charge in [0.15, 0.2) is 5.84 Å². The van der Waals surface area contributed by atoms with Gasteiger partial charge < -0.3 is 15.7 Å². The smallest absolute Gasteiger partial charge is 0.411 e. The summed E-state index contributed by atoms with van der Waals surface area (Å²) in [7, 11) is 1.27. The Balaban J connectivity index is 2.96. The molecule has 16 heavy (non-hydrogen) atoms. The fraction of sp³-hybridized carbons (Fsp3) is 0.111. The van der Waals surface area contributed by atoms with Gasteiger partial charge in [0.25, 0.3) is 0 Å². The van der Waals surface area contributed by atoms with Crippen molar-refractivity contribution < 1.29 is 14.7 Å². The van der Waals surface area contributed by atoms with Crippen LogP contribution in [0, 0.1) is 0 Å². The topological polar surface area (TPSA) is 96.9 Å². The summed E-state index contributed by atoms with van der Waals surface area (Å²) in [5.74, 6) is -0.00896. The van der Waals surface area contributed by atoms with Gasteiger partial charge in [-0.15, -0.1) is 0 Å². The fourth-order valence-electron chi connectivity index (χ4n) is 0.995. The molecule has 4 N–H and O–H groups in total. The van der Waals surface area contributed by atoms with Gasteiger partial charge in [0, 0.05) is 10.0 Å². The summed E-state index contributed by atoms with van der Waals surface area (Å²) in [5.41, 5.74) is 6.47. The highest BCUT2D eigenvalue weighted by molar-refractivity contribution is 9.10. The van der Waals surface area contributed by atoms with Crippen LogP contribution in [0.25, 0.3) is 0 Å². The molecule has 0 heterocycles. The van der Waals surface area contributed by atoms with Gasteiger partial charge in [0.2, 0.25) is 0 Å². The molecule has 0 fully saturated rings. The number of nitrogens with one attached hydrogen (secondary N) is 1. The van der Waals surface area contributed by atoms with E-state index in [9.17, 15) is 4.79 Å². The SMILES string of the molecule is COC(=O)Nc1ccc(/C(N)=N/O)cc1Br. The molecule has 7 heteroatoms. The molecular formula is C9H10BrN3O3. The molecule has 0 spiro atoms. The van der Waals surface area contributed by atoms with Gasteiger partial charge in [-0.05, 0) is 34.1 Å². The number of nitrogens with two attached hydrogens (primary N) is 1. The maximum atomic E-state index is 11.0. The van der Waals surface area contributed by atoms with Crippen LogP contribution in [-0.2, 0) is 4.74 Å². The van der Waals surface area contributed by atoms with E-state index in [1.807, 2.05) is 0 Å². The predicted octanol–water partition coefficient (Wildman–Crippen LogP) is 1.72. The van der Waals surface area contributed by atoms with Crippen LogP contribution in [0.15, 0.2) is 27.8 Å². The molecular weight excluding hydrogens is 278 g/mol. The Kier molecular flexibility index (Phi) is 4.12. The fourth-order valence-corrected chi connectivity index (χ4v) is 1.47. The minimum Gasteiger partial charge on any atom is -0.453 e. The maximum Gasteiger partial charge on any atom is 0.411 e. The summed E-state index contributed by atoms with van der Waals surface area (Å²) < 4.78 is 5.05. The lowest BCUT2D eigenvalue weighted by atomic mass is 10.2. The summed E-state index contributed by atoms with van der Waals surface area (Å²) >= 11 is 3.24. The number of anilines is 1. The molecule has 1 rings (SSSR count). The van der Waals surface area contributed by atoms with Crippen LogP contribution in [0.5, 0.6) is 0 Å². The highest BCUT2D eigenvalue weighted by Crippen LogP contribution is 2.23. The number of ether oxygens (including phenoxy) is 1. The molecule has 0 saturated heterocycles. The molecule has 1 aromatic rings. The van der Waals surface area contributed by atoms with E-state index in [-0.39, 0.29) is 5.84 Å². The maximum absolute atomic E-state index is 11.0. The molecule has 0 saturated carbocycles. The second-order valence-electron chi connectivity index (χ2n) is 2.80. The molecule has 6 nitrogen and oxygen atoms in total. The first kappa shape index (κ1) is 12.3. The van der Waals surface area contributed by atoms with E-state index < -0.39 is 6.09 Å². The van der Waals surface area contributed by atoms with E-state index in [4.69, 9.17) is 10.9 Å².